The monoisotopic (exact) mass is 373 g/mol. The van der Waals surface area contributed by atoms with Crippen LogP contribution in [0, 0.1) is 20.8 Å². The van der Waals surface area contributed by atoms with E-state index in [0.717, 1.165) is 11.3 Å². The maximum Gasteiger partial charge on any atom is 0.510 e. The summed E-state index contributed by atoms with van der Waals surface area (Å²) in [5.41, 5.74) is 7.02. The Balaban J connectivity index is 2.03. The fraction of sp³-hybridized carbons (Fsp3) is 0.381. The van der Waals surface area contributed by atoms with Gasteiger partial charge in [0, 0.05) is 23.0 Å². The summed E-state index contributed by atoms with van der Waals surface area (Å²) in [7, 11) is 0. The second-order valence-electron chi connectivity index (χ2n) is 6.77. The molecule has 0 aliphatic carbocycles. The molecule has 2 atom stereocenters. The number of anilines is 1. The van der Waals surface area contributed by atoms with Crippen molar-refractivity contribution in [3.63, 3.8) is 0 Å². The number of hydrogen-bond acceptors (Lipinski definition) is 4. The lowest BCUT2D eigenvalue weighted by Crippen LogP contribution is -2.33. The van der Waals surface area contributed by atoms with E-state index in [1.54, 1.807) is 6.92 Å². The molecule has 26 heavy (non-hydrogen) atoms. The van der Waals surface area contributed by atoms with Crippen LogP contribution in [-0.4, -0.2) is 19.0 Å². The van der Waals surface area contributed by atoms with Crippen LogP contribution in [0.2, 0.25) is 5.02 Å². The van der Waals surface area contributed by atoms with Crippen LogP contribution in [0.5, 0.6) is 0 Å². The summed E-state index contributed by atoms with van der Waals surface area (Å²) in [6, 6.07) is 10.1. The molecule has 0 saturated heterocycles. The largest absolute Gasteiger partial charge is 0.510 e. The van der Waals surface area contributed by atoms with Gasteiger partial charge >= 0.3 is 6.16 Å². The highest BCUT2D eigenvalue weighted by molar-refractivity contribution is 6.30. The molecular formula is C21H24ClNO3. The Hall–Kier alpha value is -2.20. The van der Waals surface area contributed by atoms with E-state index >= 15 is 0 Å². The number of aryl methyl sites for hydroxylation is 3. The number of carbonyl (C=O) groups is 1. The standard InChI is InChI=1S/C21H24ClNO3/c1-5-25-21(24)26-19-11-17(16-10-15(22)6-7-18(16)23-19)20-13(3)8-12(2)9-14(20)4/h6-10,17,19,23H,5,11H2,1-4H3. The minimum absolute atomic E-state index is 0.0879. The number of hydrogen-bond donors (Lipinski definition) is 1. The van der Waals surface area contributed by atoms with Gasteiger partial charge in [0.05, 0.1) is 6.61 Å². The predicted octanol–water partition coefficient (Wildman–Crippen LogP) is 5.71. The molecule has 0 amide bonds. The summed E-state index contributed by atoms with van der Waals surface area (Å²) < 4.78 is 10.4. The lowest BCUT2D eigenvalue weighted by molar-refractivity contribution is 0.0301. The Labute approximate surface area is 159 Å². The van der Waals surface area contributed by atoms with E-state index in [9.17, 15) is 4.79 Å². The van der Waals surface area contributed by atoms with E-state index < -0.39 is 12.4 Å². The van der Waals surface area contributed by atoms with Gasteiger partial charge in [-0.05, 0) is 68.1 Å². The molecule has 1 aliphatic rings. The third-order valence-electron chi connectivity index (χ3n) is 4.74. The maximum absolute atomic E-state index is 11.8. The molecule has 1 aliphatic heterocycles. The Morgan fingerprint density at radius 2 is 1.88 bits per heavy atom. The molecule has 3 rings (SSSR count). The minimum Gasteiger partial charge on any atom is -0.435 e. The van der Waals surface area contributed by atoms with Gasteiger partial charge in [-0.15, -0.1) is 0 Å². The summed E-state index contributed by atoms with van der Waals surface area (Å²) in [6.45, 7) is 8.40. The smallest absolute Gasteiger partial charge is 0.435 e. The van der Waals surface area contributed by atoms with Gasteiger partial charge in [0.2, 0.25) is 0 Å². The van der Waals surface area contributed by atoms with Crippen molar-refractivity contribution in [2.24, 2.45) is 0 Å². The molecule has 2 unspecified atom stereocenters. The number of nitrogens with one attached hydrogen (secondary N) is 1. The van der Waals surface area contributed by atoms with E-state index in [2.05, 4.69) is 38.2 Å². The number of halogens is 1. The van der Waals surface area contributed by atoms with Crippen LogP contribution in [0.15, 0.2) is 30.3 Å². The third kappa shape index (κ3) is 3.80. The molecule has 1 N–H and O–H groups in total. The van der Waals surface area contributed by atoms with Crippen LogP contribution in [0.3, 0.4) is 0 Å². The van der Waals surface area contributed by atoms with Crippen LogP contribution in [-0.2, 0) is 9.47 Å². The van der Waals surface area contributed by atoms with Gasteiger partial charge in [0.15, 0.2) is 6.23 Å². The first-order valence-corrected chi connectivity index (χ1v) is 9.24. The van der Waals surface area contributed by atoms with Gasteiger partial charge in [-0.25, -0.2) is 4.79 Å². The highest BCUT2D eigenvalue weighted by atomic mass is 35.5. The maximum atomic E-state index is 11.8. The molecule has 2 aromatic carbocycles. The third-order valence-corrected chi connectivity index (χ3v) is 4.98. The van der Waals surface area contributed by atoms with Gasteiger partial charge in [0.25, 0.3) is 0 Å². The number of rotatable bonds is 3. The average molecular weight is 374 g/mol. The molecule has 138 valence electrons. The van der Waals surface area contributed by atoms with Gasteiger partial charge < -0.3 is 14.8 Å². The lowest BCUT2D eigenvalue weighted by atomic mass is 9.80. The van der Waals surface area contributed by atoms with E-state index in [-0.39, 0.29) is 12.5 Å². The second kappa shape index (κ2) is 7.58. The lowest BCUT2D eigenvalue weighted by Gasteiger charge is -2.34. The highest BCUT2D eigenvalue weighted by Crippen LogP contribution is 2.42. The van der Waals surface area contributed by atoms with E-state index in [0.29, 0.717) is 11.4 Å². The Bertz CT molecular complexity index is 811. The first-order chi connectivity index (χ1) is 12.4. The summed E-state index contributed by atoms with van der Waals surface area (Å²) in [4.78, 5) is 11.8. The fourth-order valence-corrected chi connectivity index (χ4v) is 4.07. The Kier molecular flexibility index (Phi) is 5.42. The molecule has 0 radical (unpaired) electrons. The number of carbonyl (C=O) groups excluding carboxylic acids is 1. The van der Waals surface area contributed by atoms with Crippen LogP contribution < -0.4 is 5.32 Å². The van der Waals surface area contributed by atoms with Crippen LogP contribution >= 0.6 is 11.6 Å². The van der Waals surface area contributed by atoms with Crippen molar-refractivity contribution in [1.29, 1.82) is 0 Å². The zero-order chi connectivity index (χ0) is 18.8. The van der Waals surface area contributed by atoms with E-state index in [1.807, 2.05) is 18.2 Å². The Morgan fingerprint density at radius 3 is 2.54 bits per heavy atom. The van der Waals surface area contributed by atoms with Gasteiger partial charge in [-0.2, -0.15) is 0 Å². The summed E-state index contributed by atoms with van der Waals surface area (Å²) >= 11 is 6.26. The van der Waals surface area contributed by atoms with E-state index in [4.69, 9.17) is 21.1 Å². The van der Waals surface area contributed by atoms with Gasteiger partial charge in [-0.1, -0.05) is 29.3 Å². The van der Waals surface area contributed by atoms with Crippen molar-refractivity contribution >= 4 is 23.4 Å². The molecule has 0 fully saturated rings. The van der Waals surface area contributed by atoms with Crippen molar-refractivity contribution < 1.29 is 14.3 Å². The average Bonchev–Trinajstić information content (AvgIpc) is 2.54. The normalized spacial score (nSPS) is 18.7. The fourth-order valence-electron chi connectivity index (χ4n) is 3.89. The summed E-state index contributed by atoms with van der Waals surface area (Å²) in [6.07, 6.45) is -0.483. The second-order valence-corrected chi connectivity index (χ2v) is 7.20. The van der Waals surface area contributed by atoms with Gasteiger partial charge in [0.1, 0.15) is 0 Å². The molecule has 4 nitrogen and oxygen atoms in total. The predicted molar refractivity (Wildman–Crippen MR) is 104 cm³/mol. The molecule has 1 heterocycles. The quantitative estimate of drug-likeness (QED) is 0.700. The molecule has 2 aromatic rings. The van der Waals surface area contributed by atoms with Crippen molar-refractivity contribution in [2.45, 2.75) is 46.3 Å². The first-order valence-electron chi connectivity index (χ1n) is 8.86. The van der Waals surface area contributed by atoms with Crippen molar-refractivity contribution in [3.05, 3.63) is 63.2 Å². The molecule has 0 aromatic heterocycles. The molecule has 0 spiro atoms. The van der Waals surface area contributed by atoms with Crippen molar-refractivity contribution in [1.82, 2.24) is 0 Å². The van der Waals surface area contributed by atoms with Crippen LogP contribution in [0.4, 0.5) is 10.5 Å². The first kappa shape index (κ1) is 18.6. The van der Waals surface area contributed by atoms with Crippen LogP contribution in [0.1, 0.15) is 47.1 Å². The molecule has 0 saturated carbocycles. The number of ether oxygens (including phenoxy) is 2. The number of benzene rings is 2. The minimum atomic E-state index is -0.654. The van der Waals surface area contributed by atoms with Crippen molar-refractivity contribution in [3.8, 4) is 0 Å². The molecule has 0 bridgehead atoms. The zero-order valence-electron chi connectivity index (χ0n) is 15.6. The van der Waals surface area contributed by atoms with Crippen LogP contribution in [0.25, 0.3) is 0 Å². The molecular weight excluding hydrogens is 350 g/mol. The zero-order valence-corrected chi connectivity index (χ0v) is 16.3. The van der Waals surface area contributed by atoms with Crippen molar-refractivity contribution in [2.75, 3.05) is 11.9 Å². The highest BCUT2D eigenvalue weighted by Gasteiger charge is 2.32. The number of fused-ring (bicyclic) bond motifs is 1. The Morgan fingerprint density at radius 1 is 1.19 bits per heavy atom. The van der Waals surface area contributed by atoms with Gasteiger partial charge in [-0.3, -0.25) is 0 Å². The van der Waals surface area contributed by atoms with E-state index in [1.165, 1.54) is 22.3 Å². The summed E-state index contributed by atoms with van der Waals surface area (Å²) in [5.74, 6) is 0.0879. The SMILES string of the molecule is CCOC(=O)OC1CC(c2c(C)cc(C)cc2C)c2cc(Cl)ccc2N1. The molecule has 5 heteroatoms. The topological polar surface area (TPSA) is 47.6 Å². The summed E-state index contributed by atoms with van der Waals surface area (Å²) in [5, 5.41) is 3.98.